The molecule has 1 aliphatic carbocycles. The molecule has 0 radical (unpaired) electrons. The molecule has 0 aromatic heterocycles. The van der Waals surface area contributed by atoms with E-state index in [2.05, 4.69) is 84.9 Å². The smallest absolute Gasteiger partial charge is 0.125 e. The Morgan fingerprint density at radius 3 is 2.36 bits per heavy atom. The van der Waals surface area contributed by atoms with Crippen LogP contribution in [0.3, 0.4) is 0 Å². The van der Waals surface area contributed by atoms with Crippen LogP contribution in [0.5, 0.6) is 0 Å². The quantitative estimate of drug-likeness (QED) is 0.592. The molecule has 4 atom stereocenters. The third-order valence-electron chi connectivity index (χ3n) is 6.54. The average molecular weight is 366 g/mol. The van der Waals surface area contributed by atoms with Crippen LogP contribution >= 0.6 is 0 Å². The van der Waals surface area contributed by atoms with Gasteiger partial charge >= 0.3 is 0 Å². The largest absolute Gasteiger partial charge is 0.373 e. The Morgan fingerprint density at radius 1 is 0.821 bits per heavy atom. The van der Waals surface area contributed by atoms with Gasteiger partial charge in [-0.25, -0.2) is 0 Å². The maximum absolute atomic E-state index is 6.73. The van der Waals surface area contributed by atoms with Gasteiger partial charge in [-0.1, -0.05) is 91.0 Å². The zero-order chi connectivity index (χ0) is 18.6. The van der Waals surface area contributed by atoms with Crippen LogP contribution in [-0.4, -0.2) is 6.61 Å². The van der Waals surface area contributed by atoms with Gasteiger partial charge in [-0.05, 0) is 27.8 Å². The Morgan fingerprint density at radius 2 is 1.54 bits per heavy atom. The molecule has 2 nitrogen and oxygen atoms in total. The SMILES string of the molecule is C1=C(c2ccccc2)C2C1C1OC2(COCc2ccccc2)c2ccccc21. The molecule has 2 aliphatic heterocycles. The van der Waals surface area contributed by atoms with E-state index in [0.717, 1.165) is 0 Å². The van der Waals surface area contributed by atoms with Gasteiger partial charge in [0.05, 0.1) is 19.3 Å². The Bertz CT molecular complexity index is 1040. The number of ether oxygens (including phenoxy) is 2. The van der Waals surface area contributed by atoms with Crippen molar-refractivity contribution in [1.29, 1.82) is 0 Å². The van der Waals surface area contributed by atoms with E-state index in [9.17, 15) is 0 Å². The molecule has 2 heterocycles. The zero-order valence-electron chi connectivity index (χ0n) is 15.6. The molecule has 3 aliphatic rings. The molecule has 2 heteroatoms. The summed E-state index contributed by atoms with van der Waals surface area (Å²) in [5.74, 6) is 0.816. The van der Waals surface area contributed by atoms with E-state index >= 15 is 0 Å². The van der Waals surface area contributed by atoms with Crippen LogP contribution in [0, 0.1) is 11.8 Å². The second kappa shape index (κ2) is 6.16. The van der Waals surface area contributed by atoms with Gasteiger partial charge in [0.1, 0.15) is 5.60 Å². The second-order valence-electron chi connectivity index (χ2n) is 8.04. The first-order chi connectivity index (χ1) is 13.9. The van der Waals surface area contributed by atoms with Gasteiger partial charge in [-0.15, -0.1) is 0 Å². The molecule has 2 bridgehead atoms. The van der Waals surface area contributed by atoms with Crippen LogP contribution in [0.1, 0.15) is 28.4 Å². The number of rotatable bonds is 5. The summed E-state index contributed by atoms with van der Waals surface area (Å²) < 4.78 is 13.0. The number of hydrogen-bond donors (Lipinski definition) is 0. The molecule has 6 rings (SSSR count). The topological polar surface area (TPSA) is 18.5 Å². The number of hydrogen-bond acceptors (Lipinski definition) is 2. The van der Waals surface area contributed by atoms with Crippen LogP contribution < -0.4 is 0 Å². The van der Waals surface area contributed by atoms with Crippen molar-refractivity contribution >= 4 is 5.57 Å². The summed E-state index contributed by atoms with van der Waals surface area (Å²) in [6.07, 6.45) is 2.58. The molecule has 138 valence electrons. The predicted octanol–water partition coefficient (Wildman–Crippen LogP) is 5.51. The lowest BCUT2D eigenvalue weighted by Gasteiger charge is -2.44. The highest BCUT2D eigenvalue weighted by Crippen LogP contribution is 2.68. The third kappa shape index (κ3) is 2.22. The molecular weight excluding hydrogens is 344 g/mol. The van der Waals surface area contributed by atoms with E-state index in [1.165, 1.54) is 27.8 Å². The molecule has 0 amide bonds. The summed E-state index contributed by atoms with van der Waals surface area (Å²) in [6.45, 7) is 1.20. The fourth-order valence-corrected chi connectivity index (χ4v) is 5.33. The van der Waals surface area contributed by atoms with Crippen molar-refractivity contribution in [3.8, 4) is 0 Å². The van der Waals surface area contributed by atoms with Crippen molar-refractivity contribution in [2.24, 2.45) is 11.8 Å². The van der Waals surface area contributed by atoms with Crippen LogP contribution in [-0.2, 0) is 21.7 Å². The summed E-state index contributed by atoms with van der Waals surface area (Å²) >= 11 is 0. The lowest BCUT2D eigenvalue weighted by atomic mass is 9.58. The zero-order valence-corrected chi connectivity index (χ0v) is 15.6. The predicted molar refractivity (Wildman–Crippen MR) is 109 cm³/mol. The molecule has 28 heavy (non-hydrogen) atoms. The third-order valence-corrected chi connectivity index (χ3v) is 6.54. The van der Waals surface area contributed by atoms with E-state index in [0.29, 0.717) is 25.0 Å². The molecule has 4 unspecified atom stereocenters. The summed E-state index contributed by atoms with van der Waals surface area (Å²) in [5.41, 5.74) is 6.20. The maximum Gasteiger partial charge on any atom is 0.125 e. The minimum absolute atomic E-state index is 0.161. The van der Waals surface area contributed by atoms with Crippen molar-refractivity contribution < 1.29 is 9.47 Å². The van der Waals surface area contributed by atoms with Crippen molar-refractivity contribution in [2.75, 3.05) is 6.61 Å². The first kappa shape index (κ1) is 16.3. The highest BCUT2D eigenvalue weighted by molar-refractivity contribution is 5.77. The lowest BCUT2D eigenvalue weighted by Crippen LogP contribution is -2.43. The van der Waals surface area contributed by atoms with Gasteiger partial charge in [-0.2, -0.15) is 0 Å². The Balaban J connectivity index is 1.35. The normalized spacial score (nSPS) is 29.0. The van der Waals surface area contributed by atoms with Gasteiger partial charge in [0, 0.05) is 11.8 Å². The fraction of sp³-hybridized carbons (Fsp3) is 0.231. The lowest BCUT2D eigenvalue weighted by molar-refractivity contribution is -0.0924. The molecule has 3 aromatic carbocycles. The highest BCUT2D eigenvalue weighted by atomic mass is 16.6. The average Bonchev–Trinajstić information content (AvgIpc) is 3.16. The van der Waals surface area contributed by atoms with E-state index in [-0.39, 0.29) is 11.7 Å². The van der Waals surface area contributed by atoms with Gasteiger partial charge in [-0.3, -0.25) is 0 Å². The van der Waals surface area contributed by atoms with Crippen molar-refractivity contribution in [3.63, 3.8) is 0 Å². The van der Waals surface area contributed by atoms with E-state index < -0.39 is 0 Å². The first-order valence-corrected chi connectivity index (χ1v) is 10.0. The standard InChI is InChI=1S/C26H22O2/c1-3-9-18(10-4-1)16-27-17-26-23-14-8-7-13-20(23)25(28-26)22-15-21(24(22)26)19-11-5-2-6-12-19/h1-15,22,24-25H,16-17H2. The second-order valence-corrected chi connectivity index (χ2v) is 8.04. The van der Waals surface area contributed by atoms with Crippen LogP contribution in [0.4, 0.5) is 0 Å². The van der Waals surface area contributed by atoms with Gasteiger partial charge in [0.2, 0.25) is 0 Å². The minimum Gasteiger partial charge on any atom is -0.373 e. The Kier molecular flexibility index (Phi) is 3.59. The van der Waals surface area contributed by atoms with Crippen LogP contribution in [0.25, 0.3) is 5.57 Å². The summed E-state index contributed by atoms with van der Waals surface area (Å²) in [6, 6.07) is 29.8. The Labute approximate surface area is 165 Å². The Hall–Kier alpha value is -2.68. The minimum atomic E-state index is -0.374. The molecule has 1 fully saturated rings. The molecule has 0 spiro atoms. The van der Waals surface area contributed by atoms with E-state index in [4.69, 9.17) is 9.47 Å². The maximum atomic E-state index is 6.73. The number of benzene rings is 3. The summed E-state index contributed by atoms with van der Waals surface area (Å²) in [5, 5.41) is 0. The van der Waals surface area contributed by atoms with Crippen LogP contribution in [0.2, 0.25) is 0 Å². The summed E-state index contributed by atoms with van der Waals surface area (Å²) in [7, 11) is 0. The van der Waals surface area contributed by atoms with Crippen molar-refractivity contribution in [3.05, 3.63) is 113 Å². The number of fused-ring (bicyclic) bond motifs is 8. The van der Waals surface area contributed by atoms with E-state index in [1.807, 2.05) is 6.07 Å². The summed E-state index contributed by atoms with van der Waals surface area (Å²) in [4.78, 5) is 0. The van der Waals surface area contributed by atoms with Gasteiger partial charge < -0.3 is 9.47 Å². The van der Waals surface area contributed by atoms with Crippen molar-refractivity contribution in [2.45, 2.75) is 18.3 Å². The van der Waals surface area contributed by atoms with Gasteiger partial charge in [0.25, 0.3) is 0 Å². The van der Waals surface area contributed by atoms with Crippen LogP contribution in [0.15, 0.2) is 91.0 Å². The first-order valence-electron chi connectivity index (χ1n) is 10.0. The highest BCUT2D eigenvalue weighted by Gasteiger charge is 2.65. The molecule has 0 N–H and O–H groups in total. The molecule has 1 saturated heterocycles. The monoisotopic (exact) mass is 366 g/mol. The van der Waals surface area contributed by atoms with Gasteiger partial charge in [0.15, 0.2) is 0 Å². The molecule has 3 aromatic rings. The fourth-order valence-electron chi connectivity index (χ4n) is 5.33. The molecular formula is C26H22O2. The van der Waals surface area contributed by atoms with E-state index in [1.54, 1.807) is 0 Å². The van der Waals surface area contributed by atoms with Crippen molar-refractivity contribution in [1.82, 2.24) is 0 Å². The molecule has 0 saturated carbocycles.